The van der Waals surface area contributed by atoms with Crippen molar-refractivity contribution in [1.29, 1.82) is 0 Å². The van der Waals surface area contributed by atoms with Gasteiger partial charge in [0, 0.05) is 12.5 Å². The molecule has 0 aromatic carbocycles. The maximum Gasteiger partial charge on any atom is 0.194 e. The summed E-state index contributed by atoms with van der Waals surface area (Å²) in [4.78, 5) is 4.54. The minimum atomic E-state index is 0.276. The minimum Gasteiger partial charge on any atom is -0.449 e. The second-order valence-corrected chi connectivity index (χ2v) is 5.61. The van der Waals surface area contributed by atoms with Crippen molar-refractivity contribution in [3.8, 4) is 0 Å². The summed E-state index contributed by atoms with van der Waals surface area (Å²) in [5.41, 5.74) is 1.01. The van der Waals surface area contributed by atoms with E-state index in [0.29, 0.717) is 0 Å². The number of nitrogens with zero attached hydrogens (tertiary/aromatic N) is 1. The van der Waals surface area contributed by atoms with E-state index in [9.17, 15) is 0 Å². The zero-order chi connectivity index (χ0) is 11.4. The highest BCUT2D eigenvalue weighted by Crippen LogP contribution is 2.25. The Bertz CT molecular complexity index is 321. The highest BCUT2D eigenvalue weighted by Gasteiger charge is 2.17. The first-order chi connectivity index (χ1) is 7.79. The summed E-state index contributed by atoms with van der Waals surface area (Å²) in [5, 5.41) is 3.17. The van der Waals surface area contributed by atoms with E-state index in [1.807, 2.05) is 7.05 Å². The van der Waals surface area contributed by atoms with Crippen molar-refractivity contribution in [2.75, 3.05) is 18.6 Å². The van der Waals surface area contributed by atoms with Gasteiger partial charge in [-0.15, -0.1) is 0 Å². The van der Waals surface area contributed by atoms with Crippen LogP contribution in [0.5, 0.6) is 0 Å². The van der Waals surface area contributed by atoms with Crippen LogP contribution in [0.25, 0.3) is 0 Å². The van der Waals surface area contributed by atoms with Crippen LogP contribution >= 0.6 is 11.8 Å². The van der Waals surface area contributed by atoms with Crippen molar-refractivity contribution in [2.45, 2.75) is 32.2 Å². The number of rotatable bonds is 4. The van der Waals surface area contributed by atoms with E-state index in [4.69, 9.17) is 4.42 Å². The number of nitrogens with one attached hydrogen (secondary N) is 1. The number of aromatic nitrogens is 1. The summed E-state index contributed by atoms with van der Waals surface area (Å²) >= 11 is 2.06. The molecule has 0 bridgehead atoms. The van der Waals surface area contributed by atoms with Gasteiger partial charge in [-0.3, -0.25) is 0 Å². The van der Waals surface area contributed by atoms with Gasteiger partial charge in [0.1, 0.15) is 6.26 Å². The van der Waals surface area contributed by atoms with Crippen molar-refractivity contribution < 1.29 is 4.42 Å². The van der Waals surface area contributed by atoms with Gasteiger partial charge >= 0.3 is 0 Å². The number of hydrogen-bond donors (Lipinski definition) is 1. The monoisotopic (exact) mass is 240 g/mol. The smallest absolute Gasteiger partial charge is 0.194 e. The zero-order valence-corrected chi connectivity index (χ0v) is 10.8. The molecule has 1 aliphatic heterocycles. The first-order valence-corrected chi connectivity index (χ1v) is 7.14. The van der Waals surface area contributed by atoms with Gasteiger partial charge in [0.05, 0.1) is 5.69 Å². The summed E-state index contributed by atoms with van der Waals surface area (Å²) in [5.74, 6) is 4.25. The highest BCUT2D eigenvalue weighted by molar-refractivity contribution is 7.99. The molecule has 2 rings (SSSR count). The first kappa shape index (κ1) is 12.0. The molecule has 1 aliphatic rings. The van der Waals surface area contributed by atoms with Crippen LogP contribution in [0.15, 0.2) is 10.7 Å². The third-order valence-corrected chi connectivity index (χ3v) is 4.45. The fourth-order valence-electron chi connectivity index (χ4n) is 1.98. The lowest BCUT2D eigenvalue weighted by molar-refractivity contribution is 0.426. The summed E-state index contributed by atoms with van der Waals surface area (Å²) in [7, 11) is 1.94. The summed E-state index contributed by atoms with van der Waals surface area (Å²) in [6.07, 6.45) is 5.46. The Labute approximate surface area is 101 Å². The van der Waals surface area contributed by atoms with Crippen molar-refractivity contribution >= 4 is 11.8 Å². The molecule has 16 heavy (non-hydrogen) atoms. The third kappa shape index (κ3) is 3.01. The van der Waals surface area contributed by atoms with Gasteiger partial charge in [-0.1, -0.05) is 0 Å². The van der Waals surface area contributed by atoms with Crippen LogP contribution in [0.2, 0.25) is 0 Å². The van der Waals surface area contributed by atoms with E-state index in [1.165, 1.54) is 24.3 Å². The van der Waals surface area contributed by atoms with E-state index < -0.39 is 0 Å². The molecule has 4 heteroatoms. The van der Waals surface area contributed by atoms with Crippen LogP contribution < -0.4 is 5.32 Å². The van der Waals surface area contributed by atoms with E-state index in [0.717, 1.165) is 23.9 Å². The molecule has 0 amide bonds. The van der Waals surface area contributed by atoms with Crippen molar-refractivity contribution in [3.63, 3.8) is 0 Å². The molecule has 0 spiro atoms. The first-order valence-electron chi connectivity index (χ1n) is 5.99. The standard InChI is InChI=1S/C12H20N2OS/c1-9(13-2)11-7-15-12(14-11)6-10-4-3-5-16-8-10/h7,9-10,13H,3-6,8H2,1-2H3. The molecule has 3 nitrogen and oxygen atoms in total. The second-order valence-electron chi connectivity index (χ2n) is 4.46. The average Bonchev–Trinajstić information content (AvgIpc) is 2.78. The summed E-state index contributed by atoms with van der Waals surface area (Å²) < 4.78 is 5.53. The second kappa shape index (κ2) is 5.73. The molecule has 0 aliphatic carbocycles. The Morgan fingerprint density at radius 2 is 2.56 bits per heavy atom. The summed E-state index contributed by atoms with van der Waals surface area (Å²) in [6, 6.07) is 0.276. The highest BCUT2D eigenvalue weighted by atomic mass is 32.2. The number of hydrogen-bond acceptors (Lipinski definition) is 4. The van der Waals surface area contributed by atoms with Crippen LogP contribution in [0.4, 0.5) is 0 Å². The molecule has 0 radical (unpaired) electrons. The van der Waals surface area contributed by atoms with Gasteiger partial charge in [-0.2, -0.15) is 11.8 Å². The van der Waals surface area contributed by atoms with Gasteiger partial charge in [-0.05, 0) is 44.2 Å². The normalized spacial score (nSPS) is 23.2. The lowest BCUT2D eigenvalue weighted by atomic mass is 10.0. The minimum absolute atomic E-state index is 0.276. The van der Waals surface area contributed by atoms with E-state index >= 15 is 0 Å². The topological polar surface area (TPSA) is 38.1 Å². The molecule has 0 saturated carbocycles. The third-order valence-electron chi connectivity index (χ3n) is 3.16. The van der Waals surface area contributed by atoms with Crippen LogP contribution in [0.1, 0.15) is 37.4 Å². The van der Waals surface area contributed by atoms with Gasteiger partial charge in [0.25, 0.3) is 0 Å². The fraction of sp³-hybridized carbons (Fsp3) is 0.750. The lowest BCUT2D eigenvalue weighted by Gasteiger charge is -2.19. The number of thioether (sulfide) groups is 1. The fourth-order valence-corrected chi connectivity index (χ4v) is 3.14. The Balaban J connectivity index is 1.91. The van der Waals surface area contributed by atoms with Crippen molar-refractivity contribution in [1.82, 2.24) is 10.3 Å². The Morgan fingerprint density at radius 1 is 1.69 bits per heavy atom. The average molecular weight is 240 g/mol. The summed E-state index contributed by atoms with van der Waals surface area (Å²) in [6.45, 7) is 2.10. The molecule has 1 saturated heterocycles. The molecule has 1 aromatic heterocycles. The predicted molar refractivity (Wildman–Crippen MR) is 67.7 cm³/mol. The molecule has 2 heterocycles. The van der Waals surface area contributed by atoms with Gasteiger partial charge in [0.15, 0.2) is 5.89 Å². The zero-order valence-electron chi connectivity index (χ0n) is 10.0. The largest absolute Gasteiger partial charge is 0.449 e. The Hall–Kier alpha value is -0.480. The predicted octanol–water partition coefficient (Wildman–Crippen LogP) is 2.64. The molecular formula is C12H20N2OS. The van der Waals surface area contributed by atoms with Crippen LogP contribution in [0.3, 0.4) is 0 Å². The van der Waals surface area contributed by atoms with Crippen molar-refractivity contribution in [2.24, 2.45) is 5.92 Å². The Kier molecular flexibility index (Phi) is 4.29. The molecule has 90 valence electrons. The van der Waals surface area contributed by atoms with E-state index in [1.54, 1.807) is 6.26 Å². The Morgan fingerprint density at radius 3 is 3.25 bits per heavy atom. The van der Waals surface area contributed by atoms with E-state index in [2.05, 4.69) is 29.0 Å². The van der Waals surface area contributed by atoms with Gasteiger partial charge in [-0.25, -0.2) is 4.98 Å². The molecule has 1 fully saturated rings. The van der Waals surface area contributed by atoms with Crippen LogP contribution in [-0.2, 0) is 6.42 Å². The van der Waals surface area contributed by atoms with Crippen LogP contribution in [-0.4, -0.2) is 23.5 Å². The van der Waals surface area contributed by atoms with Crippen LogP contribution in [0, 0.1) is 5.92 Å². The molecule has 1 aromatic rings. The quantitative estimate of drug-likeness (QED) is 0.878. The maximum atomic E-state index is 5.53. The molecule has 2 atom stereocenters. The van der Waals surface area contributed by atoms with Gasteiger partial charge < -0.3 is 9.73 Å². The van der Waals surface area contributed by atoms with E-state index in [-0.39, 0.29) is 6.04 Å². The molecular weight excluding hydrogens is 220 g/mol. The molecule has 2 unspecified atom stereocenters. The number of oxazole rings is 1. The lowest BCUT2D eigenvalue weighted by Crippen LogP contribution is -2.14. The molecule has 1 N–H and O–H groups in total. The SMILES string of the molecule is CNC(C)c1coc(CC2CCCSC2)n1. The van der Waals surface area contributed by atoms with Gasteiger partial charge in [0.2, 0.25) is 0 Å². The van der Waals surface area contributed by atoms with Crippen molar-refractivity contribution in [3.05, 3.63) is 17.8 Å². The maximum absolute atomic E-state index is 5.53.